The molecule has 1 aliphatic rings. The second kappa shape index (κ2) is 5.65. The van der Waals surface area contributed by atoms with Gasteiger partial charge in [0, 0.05) is 24.6 Å². The summed E-state index contributed by atoms with van der Waals surface area (Å²) >= 11 is 0. The van der Waals surface area contributed by atoms with Gasteiger partial charge in [0.05, 0.1) is 5.69 Å². The fourth-order valence-electron chi connectivity index (χ4n) is 2.98. The van der Waals surface area contributed by atoms with Crippen LogP contribution in [0.2, 0.25) is 0 Å². The number of pyridine rings is 1. The second-order valence-electron chi connectivity index (χ2n) is 5.93. The van der Waals surface area contributed by atoms with E-state index in [1.165, 1.54) is 19.3 Å². The number of aromatic nitrogens is 3. The van der Waals surface area contributed by atoms with Crippen LogP contribution < -0.4 is 5.32 Å². The Morgan fingerprint density at radius 3 is 2.80 bits per heavy atom. The highest BCUT2D eigenvalue weighted by Gasteiger charge is 2.25. The van der Waals surface area contributed by atoms with Crippen LogP contribution in [0.4, 0.5) is 5.69 Å². The Bertz CT molecular complexity index is 549. The zero-order chi connectivity index (χ0) is 13.9. The van der Waals surface area contributed by atoms with Gasteiger partial charge in [0.2, 0.25) is 0 Å². The van der Waals surface area contributed by atoms with Gasteiger partial charge in [0.25, 0.3) is 0 Å². The van der Waals surface area contributed by atoms with Crippen LogP contribution in [0.3, 0.4) is 0 Å². The summed E-state index contributed by atoms with van der Waals surface area (Å²) in [6, 6.07) is 6.53. The minimum atomic E-state index is 0.541. The van der Waals surface area contributed by atoms with Crippen LogP contribution in [0, 0.1) is 11.8 Å². The third kappa shape index (κ3) is 2.69. The van der Waals surface area contributed by atoms with E-state index in [-0.39, 0.29) is 0 Å². The Morgan fingerprint density at radius 1 is 1.15 bits per heavy atom. The molecule has 0 amide bonds. The van der Waals surface area contributed by atoms with E-state index in [9.17, 15) is 0 Å². The molecular weight excluding hydrogens is 248 g/mol. The summed E-state index contributed by atoms with van der Waals surface area (Å²) in [5.74, 6) is 2.50. The SMILES string of the molecule is CC1CCC(Nc2cccnc2-n2cccn2)CC1C. The lowest BCUT2D eigenvalue weighted by Crippen LogP contribution is -2.30. The smallest absolute Gasteiger partial charge is 0.176 e. The number of rotatable bonds is 3. The standard InChI is InChI=1S/C16H22N4/c1-12-6-7-14(11-13(12)2)19-15-5-3-8-17-16(15)20-10-4-9-18-20/h3-5,8-10,12-14,19H,6-7,11H2,1-2H3. The quantitative estimate of drug-likeness (QED) is 0.928. The van der Waals surface area contributed by atoms with Gasteiger partial charge in [-0.1, -0.05) is 13.8 Å². The maximum absolute atomic E-state index is 4.46. The van der Waals surface area contributed by atoms with Crippen molar-refractivity contribution in [2.45, 2.75) is 39.2 Å². The van der Waals surface area contributed by atoms with Crippen molar-refractivity contribution in [3.05, 3.63) is 36.8 Å². The minimum absolute atomic E-state index is 0.541. The van der Waals surface area contributed by atoms with Crippen LogP contribution in [0.5, 0.6) is 0 Å². The molecule has 3 unspecified atom stereocenters. The van der Waals surface area contributed by atoms with Crippen molar-refractivity contribution in [3.8, 4) is 5.82 Å². The van der Waals surface area contributed by atoms with Crippen LogP contribution in [0.15, 0.2) is 36.8 Å². The van der Waals surface area contributed by atoms with Crippen LogP contribution in [-0.4, -0.2) is 20.8 Å². The van der Waals surface area contributed by atoms with E-state index in [1.54, 1.807) is 6.20 Å². The Morgan fingerprint density at radius 2 is 2.05 bits per heavy atom. The van der Waals surface area contributed by atoms with Gasteiger partial charge < -0.3 is 5.32 Å². The summed E-state index contributed by atoms with van der Waals surface area (Å²) < 4.78 is 1.82. The van der Waals surface area contributed by atoms with Crippen molar-refractivity contribution < 1.29 is 0 Å². The van der Waals surface area contributed by atoms with Crippen LogP contribution in [0.1, 0.15) is 33.1 Å². The summed E-state index contributed by atoms with van der Waals surface area (Å²) in [5.41, 5.74) is 1.07. The third-order valence-electron chi connectivity index (χ3n) is 4.47. The van der Waals surface area contributed by atoms with Crippen molar-refractivity contribution >= 4 is 5.69 Å². The zero-order valence-electron chi connectivity index (χ0n) is 12.2. The van der Waals surface area contributed by atoms with E-state index in [1.807, 2.05) is 29.2 Å². The van der Waals surface area contributed by atoms with Crippen LogP contribution >= 0.6 is 0 Å². The molecule has 2 aromatic rings. The number of nitrogens with zero attached hydrogens (tertiary/aromatic N) is 3. The summed E-state index contributed by atoms with van der Waals surface area (Å²) in [7, 11) is 0. The first-order chi connectivity index (χ1) is 9.74. The highest BCUT2D eigenvalue weighted by Crippen LogP contribution is 2.31. The maximum Gasteiger partial charge on any atom is 0.176 e. The molecule has 3 atom stereocenters. The number of hydrogen-bond acceptors (Lipinski definition) is 3. The number of nitrogens with one attached hydrogen (secondary N) is 1. The predicted octanol–water partition coefficient (Wildman–Crippen LogP) is 3.50. The fourth-order valence-corrected chi connectivity index (χ4v) is 2.98. The molecule has 3 rings (SSSR count). The summed E-state index contributed by atoms with van der Waals surface area (Å²) in [6.45, 7) is 4.72. The van der Waals surface area contributed by atoms with Gasteiger partial charge in [-0.05, 0) is 49.3 Å². The summed E-state index contributed by atoms with van der Waals surface area (Å²) in [5, 5.41) is 7.95. The Kier molecular flexibility index (Phi) is 3.72. The maximum atomic E-state index is 4.46. The molecule has 4 nitrogen and oxygen atoms in total. The first-order valence-electron chi connectivity index (χ1n) is 7.45. The summed E-state index contributed by atoms with van der Waals surface area (Å²) in [4.78, 5) is 4.46. The minimum Gasteiger partial charge on any atom is -0.379 e. The van der Waals surface area contributed by atoms with Crippen LogP contribution in [-0.2, 0) is 0 Å². The molecule has 1 aliphatic carbocycles. The van der Waals surface area contributed by atoms with E-state index < -0.39 is 0 Å². The van der Waals surface area contributed by atoms with Crippen LogP contribution in [0.25, 0.3) is 5.82 Å². The van der Waals surface area contributed by atoms with Crippen molar-refractivity contribution in [1.29, 1.82) is 0 Å². The lowest BCUT2D eigenvalue weighted by Gasteiger charge is -2.33. The molecule has 1 saturated carbocycles. The monoisotopic (exact) mass is 270 g/mol. The summed E-state index contributed by atoms with van der Waals surface area (Å²) in [6.07, 6.45) is 9.29. The first kappa shape index (κ1) is 13.2. The molecule has 4 heteroatoms. The van der Waals surface area contributed by atoms with Crippen molar-refractivity contribution in [2.24, 2.45) is 11.8 Å². The largest absolute Gasteiger partial charge is 0.379 e. The molecular formula is C16H22N4. The second-order valence-corrected chi connectivity index (χ2v) is 5.93. The number of hydrogen-bond donors (Lipinski definition) is 1. The lowest BCUT2D eigenvalue weighted by atomic mass is 9.79. The van der Waals surface area contributed by atoms with Gasteiger partial charge in [0.1, 0.15) is 0 Å². The molecule has 0 saturated heterocycles. The van der Waals surface area contributed by atoms with Gasteiger partial charge in [-0.2, -0.15) is 5.10 Å². The van der Waals surface area contributed by atoms with Gasteiger partial charge in [-0.3, -0.25) is 0 Å². The average Bonchev–Trinajstić information content (AvgIpc) is 2.97. The molecule has 0 spiro atoms. The van der Waals surface area contributed by atoms with Gasteiger partial charge in [-0.25, -0.2) is 9.67 Å². The molecule has 20 heavy (non-hydrogen) atoms. The first-order valence-corrected chi connectivity index (χ1v) is 7.45. The predicted molar refractivity (Wildman–Crippen MR) is 80.9 cm³/mol. The molecule has 2 heterocycles. The molecule has 2 aromatic heterocycles. The van der Waals surface area contributed by atoms with E-state index in [4.69, 9.17) is 0 Å². The Balaban J connectivity index is 1.78. The van der Waals surface area contributed by atoms with E-state index in [0.29, 0.717) is 6.04 Å². The van der Waals surface area contributed by atoms with Gasteiger partial charge in [0.15, 0.2) is 5.82 Å². The normalized spacial score (nSPS) is 26.4. The highest BCUT2D eigenvalue weighted by atomic mass is 15.3. The molecule has 1 fully saturated rings. The van der Waals surface area contributed by atoms with E-state index >= 15 is 0 Å². The molecule has 106 valence electrons. The molecule has 0 aliphatic heterocycles. The van der Waals surface area contributed by atoms with Crippen molar-refractivity contribution in [1.82, 2.24) is 14.8 Å². The van der Waals surface area contributed by atoms with Gasteiger partial charge in [-0.15, -0.1) is 0 Å². The third-order valence-corrected chi connectivity index (χ3v) is 4.47. The topological polar surface area (TPSA) is 42.7 Å². The molecule has 0 aromatic carbocycles. The Labute approximate surface area is 120 Å². The highest BCUT2D eigenvalue weighted by molar-refractivity contribution is 5.56. The van der Waals surface area contributed by atoms with Gasteiger partial charge >= 0.3 is 0 Å². The molecule has 1 N–H and O–H groups in total. The van der Waals surface area contributed by atoms with Crippen molar-refractivity contribution in [3.63, 3.8) is 0 Å². The van der Waals surface area contributed by atoms with E-state index in [2.05, 4.69) is 35.3 Å². The average molecular weight is 270 g/mol. The molecule has 0 radical (unpaired) electrons. The molecule has 0 bridgehead atoms. The lowest BCUT2D eigenvalue weighted by molar-refractivity contribution is 0.261. The Hall–Kier alpha value is -1.84. The van der Waals surface area contributed by atoms with Crippen molar-refractivity contribution in [2.75, 3.05) is 5.32 Å². The zero-order valence-corrected chi connectivity index (χ0v) is 12.2. The van der Waals surface area contributed by atoms with E-state index in [0.717, 1.165) is 23.3 Å². The number of anilines is 1. The fraction of sp³-hybridized carbons (Fsp3) is 0.500.